The van der Waals surface area contributed by atoms with Gasteiger partial charge in [-0.15, -0.1) is 0 Å². The lowest BCUT2D eigenvalue weighted by atomic mass is 9.58. The van der Waals surface area contributed by atoms with Gasteiger partial charge in [-0.25, -0.2) is 0 Å². The Morgan fingerprint density at radius 3 is 2.80 bits per heavy atom. The number of rotatable bonds is 2. The van der Waals surface area contributed by atoms with Gasteiger partial charge in [0.2, 0.25) is 0 Å². The largest absolute Gasteiger partial charge is 0.299 e. The number of fused-ring (bicyclic) bond motifs is 3. The first-order valence-electron chi connectivity index (χ1n) is 7.73. The average molecular weight is 271 g/mol. The van der Waals surface area contributed by atoms with Crippen molar-refractivity contribution in [3.63, 3.8) is 0 Å². The molecule has 3 heteroatoms. The molecule has 0 aliphatic heterocycles. The molecule has 2 saturated carbocycles. The van der Waals surface area contributed by atoms with Gasteiger partial charge in [-0.3, -0.25) is 9.59 Å². The van der Waals surface area contributed by atoms with E-state index >= 15 is 0 Å². The Balaban J connectivity index is 1.95. The van der Waals surface area contributed by atoms with Crippen molar-refractivity contribution in [1.29, 1.82) is 5.26 Å². The molecule has 0 spiro atoms. The minimum absolute atomic E-state index is 0.144. The molecule has 0 aromatic carbocycles. The molecule has 0 amide bonds. The molecule has 0 heterocycles. The second kappa shape index (κ2) is 4.84. The number of hydrogen-bond donors (Lipinski definition) is 0. The van der Waals surface area contributed by atoms with Crippen molar-refractivity contribution < 1.29 is 9.59 Å². The number of nitrogens with zero attached hydrogens (tertiary/aromatic N) is 1. The normalized spacial score (nSPS) is 36.6. The van der Waals surface area contributed by atoms with Crippen molar-refractivity contribution in [3.05, 3.63) is 11.1 Å². The third-order valence-electron chi connectivity index (χ3n) is 5.88. The lowest BCUT2D eigenvalue weighted by Gasteiger charge is -2.45. The highest BCUT2D eigenvalue weighted by Gasteiger charge is 2.53. The van der Waals surface area contributed by atoms with Gasteiger partial charge in [-0.2, -0.15) is 5.26 Å². The fourth-order valence-electron chi connectivity index (χ4n) is 4.74. The molecule has 0 bridgehead atoms. The topological polar surface area (TPSA) is 57.9 Å². The molecule has 3 nitrogen and oxygen atoms in total. The van der Waals surface area contributed by atoms with Crippen molar-refractivity contribution in [3.8, 4) is 6.07 Å². The van der Waals surface area contributed by atoms with E-state index in [1.165, 1.54) is 5.57 Å². The van der Waals surface area contributed by atoms with Crippen LogP contribution in [0, 0.1) is 28.6 Å². The molecule has 0 aromatic heterocycles. The number of allylic oxidation sites excluding steroid dienone is 2. The number of nitriles is 1. The van der Waals surface area contributed by atoms with Gasteiger partial charge in [0.15, 0.2) is 5.78 Å². The van der Waals surface area contributed by atoms with E-state index in [0.29, 0.717) is 43.3 Å². The Hall–Kier alpha value is -1.43. The smallest absolute Gasteiger partial charge is 0.158 e. The van der Waals surface area contributed by atoms with Crippen LogP contribution in [0.15, 0.2) is 11.1 Å². The molecule has 3 atom stereocenters. The van der Waals surface area contributed by atoms with E-state index in [0.717, 1.165) is 31.3 Å². The standard InChI is InChI=1S/C17H21NO2/c1-17-9-8-11-12(14(17)5-7-16(17)20)4-6-15(19)13(11)3-2-10-18/h12,14H,2-9H2,1H3/t12?,14?,17-/m1/s1. The summed E-state index contributed by atoms with van der Waals surface area (Å²) in [5, 5.41) is 8.78. The van der Waals surface area contributed by atoms with Crippen LogP contribution in [0.2, 0.25) is 0 Å². The minimum Gasteiger partial charge on any atom is -0.299 e. The van der Waals surface area contributed by atoms with Crippen LogP contribution in [-0.2, 0) is 9.59 Å². The van der Waals surface area contributed by atoms with E-state index in [1.54, 1.807) is 0 Å². The Morgan fingerprint density at radius 2 is 2.05 bits per heavy atom. The zero-order valence-corrected chi connectivity index (χ0v) is 12.1. The monoisotopic (exact) mass is 271 g/mol. The number of Topliss-reactive ketones (excluding diaryl/α,β-unsaturated/α-hetero) is 2. The number of hydrogen-bond acceptors (Lipinski definition) is 3. The predicted octanol–water partition coefficient (Wildman–Crippen LogP) is 3.35. The highest BCUT2D eigenvalue weighted by atomic mass is 16.1. The first-order valence-corrected chi connectivity index (χ1v) is 7.73. The van der Waals surface area contributed by atoms with Crippen LogP contribution in [0.25, 0.3) is 0 Å². The summed E-state index contributed by atoms with van der Waals surface area (Å²) in [5.74, 6) is 1.53. The summed E-state index contributed by atoms with van der Waals surface area (Å²) in [5.41, 5.74) is 2.09. The molecule has 0 radical (unpaired) electrons. The summed E-state index contributed by atoms with van der Waals surface area (Å²) in [4.78, 5) is 24.4. The van der Waals surface area contributed by atoms with Crippen LogP contribution < -0.4 is 0 Å². The van der Waals surface area contributed by atoms with Crippen LogP contribution in [0.3, 0.4) is 0 Å². The van der Waals surface area contributed by atoms with Crippen LogP contribution in [-0.4, -0.2) is 11.6 Å². The average Bonchev–Trinajstić information content (AvgIpc) is 2.74. The quantitative estimate of drug-likeness (QED) is 0.774. The zero-order chi connectivity index (χ0) is 14.3. The fourth-order valence-corrected chi connectivity index (χ4v) is 4.74. The maximum atomic E-state index is 12.2. The molecule has 20 heavy (non-hydrogen) atoms. The number of carbonyl (C=O) groups is 2. The molecular weight excluding hydrogens is 250 g/mol. The van der Waals surface area contributed by atoms with E-state index < -0.39 is 0 Å². The van der Waals surface area contributed by atoms with Gasteiger partial charge in [-0.1, -0.05) is 12.5 Å². The van der Waals surface area contributed by atoms with E-state index in [4.69, 9.17) is 5.26 Å². The van der Waals surface area contributed by atoms with Gasteiger partial charge in [0.05, 0.1) is 6.07 Å². The van der Waals surface area contributed by atoms with E-state index in [1.807, 2.05) is 0 Å². The Morgan fingerprint density at radius 1 is 1.25 bits per heavy atom. The summed E-state index contributed by atoms with van der Waals surface area (Å²) < 4.78 is 0. The fraction of sp³-hybridized carbons (Fsp3) is 0.706. The predicted molar refractivity (Wildman–Crippen MR) is 74.7 cm³/mol. The first kappa shape index (κ1) is 13.5. The number of carbonyl (C=O) groups excluding carboxylic acids is 2. The van der Waals surface area contributed by atoms with Gasteiger partial charge in [0.1, 0.15) is 5.78 Å². The second-order valence-electron chi connectivity index (χ2n) is 6.72. The van der Waals surface area contributed by atoms with Crippen LogP contribution in [0.5, 0.6) is 0 Å². The maximum absolute atomic E-state index is 12.2. The minimum atomic E-state index is -0.144. The molecule has 106 valence electrons. The van der Waals surface area contributed by atoms with Gasteiger partial charge in [-0.05, 0) is 49.5 Å². The van der Waals surface area contributed by atoms with Crippen LogP contribution in [0.1, 0.15) is 58.3 Å². The number of ketones is 2. The van der Waals surface area contributed by atoms with E-state index in [9.17, 15) is 9.59 Å². The summed E-state index contributed by atoms with van der Waals surface area (Å²) in [6.45, 7) is 2.13. The summed E-state index contributed by atoms with van der Waals surface area (Å²) in [6.07, 6.45) is 6.04. The van der Waals surface area contributed by atoms with Gasteiger partial charge in [0, 0.05) is 24.7 Å². The highest BCUT2D eigenvalue weighted by molar-refractivity contribution is 5.97. The molecule has 3 aliphatic carbocycles. The third-order valence-corrected chi connectivity index (χ3v) is 5.88. The molecule has 0 aromatic rings. The van der Waals surface area contributed by atoms with Gasteiger partial charge < -0.3 is 0 Å². The Bertz CT molecular complexity index is 540. The first-order chi connectivity index (χ1) is 9.58. The zero-order valence-electron chi connectivity index (χ0n) is 12.1. The summed E-state index contributed by atoms with van der Waals surface area (Å²) in [6, 6.07) is 2.15. The van der Waals surface area contributed by atoms with Gasteiger partial charge >= 0.3 is 0 Å². The Kier molecular flexibility index (Phi) is 3.28. The second-order valence-corrected chi connectivity index (χ2v) is 6.72. The summed E-state index contributed by atoms with van der Waals surface area (Å²) in [7, 11) is 0. The Labute approximate surface area is 120 Å². The molecule has 0 N–H and O–H groups in total. The molecule has 2 unspecified atom stereocenters. The van der Waals surface area contributed by atoms with Crippen LogP contribution >= 0.6 is 0 Å². The van der Waals surface area contributed by atoms with E-state index in [-0.39, 0.29) is 11.2 Å². The van der Waals surface area contributed by atoms with E-state index in [2.05, 4.69) is 13.0 Å². The molecular formula is C17H21NO2. The lowest BCUT2D eigenvalue weighted by molar-refractivity contribution is -0.128. The lowest BCUT2D eigenvalue weighted by Crippen LogP contribution is -2.40. The molecule has 2 fully saturated rings. The van der Waals surface area contributed by atoms with Crippen LogP contribution in [0.4, 0.5) is 0 Å². The molecule has 3 aliphatic rings. The third kappa shape index (κ3) is 1.85. The van der Waals surface area contributed by atoms with Crippen molar-refractivity contribution in [1.82, 2.24) is 0 Å². The van der Waals surface area contributed by atoms with Crippen molar-refractivity contribution >= 4 is 11.6 Å². The van der Waals surface area contributed by atoms with Crippen molar-refractivity contribution in [2.24, 2.45) is 17.3 Å². The highest BCUT2D eigenvalue weighted by Crippen LogP contribution is 2.57. The SMILES string of the molecule is C[C@@]12CCC3=C(CCC#N)C(=O)CCC3C1CCC2=O. The molecule has 0 saturated heterocycles. The van der Waals surface area contributed by atoms with Gasteiger partial charge in [0.25, 0.3) is 0 Å². The maximum Gasteiger partial charge on any atom is 0.158 e. The molecule has 3 rings (SSSR count). The van der Waals surface area contributed by atoms with Crippen molar-refractivity contribution in [2.75, 3.05) is 0 Å². The summed E-state index contributed by atoms with van der Waals surface area (Å²) >= 11 is 0. The van der Waals surface area contributed by atoms with Crippen molar-refractivity contribution in [2.45, 2.75) is 58.3 Å².